The fourth-order valence-electron chi connectivity index (χ4n) is 3.39. The number of aliphatic hydroxyl groups is 1. The first-order chi connectivity index (χ1) is 11.0. The predicted octanol–water partition coefficient (Wildman–Crippen LogP) is 1.12. The first-order valence-corrected chi connectivity index (χ1v) is 8.62. The summed E-state index contributed by atoms with van der Waals surface area (Å²) in [6, 6.07) is 0.223. The molecule has 23 heavy (non-hydrogen) atoms. The van der Waals surface area contributed by atoms with Crippen molar-refractivity contribution < 1.29 is 9.90 Å². The molecule has 1 aromatic heterocycles. The van der Waals surface area contributed by atoms with E-state index in [9.17, 15) is 9.90 Å². The molecule has 1 saturated heterocycles. The minimum Gasteiger partial charge on any atom is -0.395 e. The van der Waals surface area contributed by atoms with E-state index >= 15 is 0 Å². The molecule has 0 bridgehead atoms. The van der Waals surface area contributed by atoms with Gasteiger partial charge in [0.2, 0.25) is 5.91 Å². The highest BCUT2D eigenvalue weighted by atomic mass is 16.3. The van der Waals surface area contributed by atoms with Crippen molar-refractivity contribution in [1.82, 2.24) is 20.0 Å². The molecular formula is C17H30N4O2. The van der Waals surface area contributed by atoms with Crippen LogP contribution in [0.15, 0.2) is 0 Å². The Morgan fingerprint density at radius 3 is 2.43 bits per heavy atom. The Bertz CT molecular complexity index is 497. The summed E-state index contributed by atoms with van der Waals surface area (Å²) in [7, 11) is 0. The summed E-state index contributed by atoms with van der Waals surface area (Å²) in [4.78, 5) is 16.9. The SMILES string of the molecule is CCC(CO)N1CCN(C(=O)C(C)Cc2c(C)n[nH]c2C)CC1. The van der Waals surface area contributed by atoms with Gasteiger partial charge in [-0.05, 0) is 32.3 Å². The molecule has 2 heterocycles. The van der Waals surface area contributed by atoms with Crippen LogP contribution in [0.3, 0.4) is 0 Å². The summed E-state index contributed by atoms with van der Waals surface area (Å²) < 4.78 is 0. The van der Waals surface area contributed by atoms with E-state index < -0.39 is 0 Å². The second kappa shape index (κ2) is 7.93. The Balaban J connectivity index is 1.89. The number of hydrogen-bond donors (Lipinski definition) is 2. The van der Waals surface area contributed by atoms with Crippen LogP contribution in [0.4, 0.5) is 0 Å². The second-order valence-corrected chi connectivity index (χ2v) is 6.62. The van der Waals surface area contributed by atoms with Crippen LogP contribution in [0.5, 0.6) is 0 Å². The number of hydrogen-bond acceptors (Lipinski definition) is 4. The molecule has 0 spiro atoms. The van der Waals surface area contributed by atoms with Gasteiger partial charge in [0.1, 0.15) is 0 Å². The molecule has 2 unspecified atom stereocenters. The molecule has 0 aliphatic carbocycles. The number of rotatable bonds is 6. The van der Waals surface area contributed by atoms with Crippen LogP contribution >= 0.6 is 0 Å². The van der Waals surface area contributed by atoms with Gasteiger partial charge in [-0.15, -0.1) is 0 Å². The summed E-state index contributed by atoms with van der Waals surface area (Å²) in [6.07, 6.45) is 1.68. The average molecular weight is 322 g/mol. The van der Waals surface area contributed by atoms with Crippen LogP contribution in [0.25, 0.3) is 0 Å². The van der Waals surface area contributed by atoms with E-state index in [2.05, 4.69) is 22.0 Å². The van der Waals surface area contributed by atoms with E-state index in [1.807, 2.05) is 25.7 Å². The van der Waals surface area contributed by atoms with Crippen LogP contribution in [0.1, 0.15) is 37.2 Å². The van der Waals surface area contributed by atoms with Gasteiger partial charge in [-0.2, -0.15) is 5.10 Å². The van der Waals surface area contributed by atoms with Crippen LogP contribution in [0.2, 0.25) is 0 Å². The van der Waals surface area contributed by atoms with Crippen LogP contribution in [0, 0.1) is 19.8 Å². The van der Waals surface area contributed by atoms with Crippen molar-refractivity contribution in [2.75, 3.05) is 32.8 Å². The van der Waals surface area contributed by atoms with Crippen molar-refractivity contribution in [1.29, 1.82) is 0 Å². The largest absolute Gasteiger partial charge is 0.395 e. The van der Waals surface area contributed by atoms with Gasteiger partial charge < -0.3 is 10.0 Å². The van der Waals surface area contributed by atoms with Crippen molar-refractivity contribution in [3.05, 3.63) is 17.0 Å². The summed E-state index contributed by atoms with van der Waals surface area (Å²) in [5, 5.41) is 16.6. The highest BCUT2D eigenvalue weighted by molar-refractivity contribution is 5.79. The molecule has 2 atom stereocenters. The first-order valence-electron chi connectivity index (χ1n) is 8.62. The lowest BCUT2D eigenvalue weighted by atomic mass is 9.98. The number of amides is 1. The molecule has 1 aliphatic rings. The van der Waals surface area contributed by atoms with Crippen molar-refractivity contribution >= 4 is 5.91 Å². The van der Waals surface area contributed by atoms with Gasteiger partial charge in [0.05, 0.1) is 12.3 Å². The van der Waals surface area contributed by atoms with Gasteiger partial charge in [-0.1, -0.05) is 13.8 Å². The maximum Gasteiger partial charge on any atom is 0.225 e. The number of aliphatic hydroxyl groups excluding tert-OH is 1. The smallest absolute Gasteiger partial charge is 0.225 e. The minimum atomic E-state index is -0.0311. The van der Waals surface area contributed by atoms with Gasteiger partial charge >= 0.3 is 0 Å². The second-order valence-electron chi connectivity index (χ2n) is 6.62. The number of nitrogens with one attached hydrogen (secondary N) is 1. The van der Waals surface area contributed by atoms with E-state index in [4.69, 9.17) is 0 Å². The molecule has 0 aromatic carbocycles. The molecule has 0 radical (unpaired) electrons. The van der Waals surface area contributed by atoms with Crippen LogP contribution in [-0.4, -0.2) is 69.8 Å². The van der Waals surface area contributed by atoms with Gasteiger partial charge in [0.15, 0.2) is 0 Å². The number of carbonyl (C=O) groups excluding carboxylic acids is 1. The molecule has 1 aromatic rings. The van der Waals surface area contributed by atoms with Crippen LogP contribution in [-0.2, 0) is 11.2 Å². The Labute approximate surface area is 138 Å². The van der Waals surface area contributed by atoms with Crippen molar-refractivity contribution in [3.63, 3.8) is 0 Å². The van der Waals surface area contributed by atoms with E-state index in [1.54, 1.807) is 0 Å². The Morgan fingerprint density at radius 2 is 1.96 bits per heavy atom. The zero-order valence-corrected chi connectivity index (χ0v) is 14.8. The Morgan fingerprint density at radius 1 is 1.30 bits per heavy atom. The fourth-order valence-corrected chi connectivity index (χ4v) is 3.39. The third-order valence-electron chi connectivity index (χ3n) is 5.04. The fraction of sp³-hybridized carbons (Fsp3) is 0.765. The van der Waals surface area contributed by atoms with Gasteiger partial charge in [0.25, 0.3) is 0 Å². The maximum atomic E-state index is 12.7. The van der Waals surface area contributed by atoms with E-state index in [-0.39, 0.29) is 24.5 Å². The zero-order chi connectivity index (χ0) is 17.0. The zero-order valence-electron chi connectivity index (χ0n) is 14.8. The predicted molar refractivity (Wildman–Crippen MR) is 90.2 cm³/mol. The Hall–Kier alpha value is -1.40. The molecule has 1 fully saturated rings. The van der Waals surface area contributed by atoms with Gasteiger partial charge in [-0.25, -0.2) is 0 Å². The van der Waals surface area contributed by atoms with Crippen molar-refractivity contribution in [3.8, 4) is 0 Å². The topological polar surface area (TPSA) is 72.5 Å². The number of aryl methyl sites for hydroxylation is 2. The summed E-state index contributed by atoms with van der Waals surface area (Å²) in [6.45, 7) is 11.5. The lowest BCUT2D eigenvalue weighted by Gasteiger charge is -2.39. The number of aromatic amines is 1. The maximum absolute atomic E-state index is 12.7. The molecule has 1 aliphatic heterocycles. The van der Waals surface area contributed by atoms with E-state index in [0.717, 1.165) is 56.0 Å². The normalized spacial score (nSPS) is 18.9. The lowest BCUT2D eigenvalue weighted by Crippen LogP contribution is -2.53. The summed E-state index contributed by atoms with van der Waals surface area (Å²) in [5.41, 5.74) is 3.21. The number of piperazine rings is 1. The molecule has 6 nitrogen and oxygen atoms in total. The molecule has 6 heteroatoms. The lowest BCUT2D eigenvalue weighted by molar-refractivity contribution is -0.137. The summed E-state index contributed by atoms with van der Waals surface area (Å²) >= 11 is 0. The number of H-pyrrole nitrogens is 1. The number of nitrogens with zero attached hydrogens (tertiary/aromatic N) is 3. The molecule has 2 N–H and O–H groups in total. The van der Waals surface area contributed by atoms with Gasteiger partial charge in [0, 0.05) is 43.8 Å². The quantitative estimate of drug-likeness (QED) is 0.823. The van der Waals surface area contributed by atoms with Crippen molar-refractivity contribution in [2.45, 2.75) is 46.6 Å². The third-order valence-corrected chi connectivity index (χ3v) is 5.04. The van der Waals surface area contributed by atoms with E-state index in [0.29, 0.717) is 0 Å². The molecule has 0 saturated carbocycles. The average Bonchev–Trinajstić information content (AvgIpc) is 2.88. The number of carbonyl (C=O) groups is 1. The Kier molecular flexibility index (Phi) is 6.18. The highest BCUT2D eigenvalue weighted by Gasteiger charge is 2.28. The monoisotopic (exact) mass is 322 g/mol. The minimum absolute atomic E-state index is 0.0311. The molecular weight excluding hydrogens is 292 g/mol. The van der Waals surface area contributed by atoms with E-state index in [1.165, 1.54) is 0 Å². The van der Waals surface area contributed by atoms with Crippen molar-refractivity contribution in [2.24, 2.45) is 5.92 Å². The standard InChI is InChI=1S/C17H30N4O2/c1-5-15(11-22)20-6-8-21(9-7-20)17(23)12(2)10-16-13(3)18-19-14(16)4/h12,15,22H,5-11H2,1-4H3,(H,18,19). The summed E-state index contributed by atoms with van der Waals surface area (Å²) in [5.74, 6) is 0.193. The highest BCUT2D eigenvalue weighted by Crippen LogP contribution is 2.18. The molecule has 130 valence electrons. The van der Waals surface area contributed by atoms with Crippen LogP contribution < -0.4 is 0 Å². The molecule has 1 amide bonds. The molecule has 2 rings (SSSR count). The van der Waals surface area contributed by atoms with Gasteiger partial charge in [-0.3, -0.25) is 14.8 Å². The number of aromatic nitrogens is 2. The first kappa shape index (κ1) is 17.9. The third kappa shape index (κ3) is 4.12.